The highest BCUT2D eigenvalue weighted by Gasteiger charge is 2.05. The third-order valence-electron chi connectivity index (χ3n) is 0.534. The van der Waals surface area contributed by atoms with Gasteiger partial charge in [0.1, 0.15) is 0 Å². The van der Waals surface area contributed by atoms with E-state index in [-0.39, 0.29) is 0 Å². The van der Waals surface area contributed by atoms with Crippen molar-refractivity contribution >= 4 is 20.5 Å². The van der Waals surface area contributed by atoms with Crippen molar-refractivity contribution in [3.63, 3.8) is 0 Å². The molecule has 0 amide bonds. The Morgan fingerprint density at radius 2 is 1.82 bits per heavy atom. The normalized spacial score (nSPS) is 10.5. The predicted molar refractivity (Wildman–Crippen MR) is 34.2 cm³/mol. The Kier molecular flexibility index (Phi) is 4.36. The summed E-state index contributed by atoms with van der Waals surface area (Å²) < 4.78 is 3.79. The zero-order valence-electron chi connectivity index (χ0n) is 5.17. The number of aliphatic carboxylic acids is 1. The second kappa shape index (κ2) is 4.79. The zero-order chi connectivity index (χ0) is 8.85. The highest BCUT2D eigenvalue weighted by atomic mass is 31.2. The Hall–Kier alpha value is -0.970. The van der Waals surface area contributed by atoms with Crippen LogP contribution in [0.1, 0.15) is 0 Å². The van der Waals surface area contributed by atoms with E-state index in [1.807, 2.05) is 0 Å². The molecule has 0 unspecified atom stereocenters. The number of carbonyl (C=O) groups excluding carboxylic acids is 1. The molecule has 7 heteroatoms. The molecule has 0 aromatic carbocycles. The van der Waals surface area contributed by atoms with Crippen LogP contribution in [0.15, 0.2) is 12.2 Å². The van der Waals surface area contributed by atoms with Crippen LogP contribution in [0, 0.1) is 0 Å². The first-order valence-electron chi connectivity index (χ1n) is 2.33. The summed E-state index contributed by atoms with van der Waals surface area (Å²) in [5.41, 5.74) is 0. The second-order valence-corrected chi connectivity index (χ2v) is 2.02. The van der Waals surface area contributed by atoms with Gasteiger partial charge in [0.2, 0.25) is 0 Å². The highest BCUT2D eigenvalue weighted by molar-refractivity contribution is 7.40. The van der Waals surface area contributed by atoms with Crippen LogP contribution in [0.25, 0.3) is 0 Å². The smallest absolute Gasteiger partial charge is 0.394 e. The maximum absolute atomic E-state index is 10.3. The quantitative estimate of drug-likeness (QED) is 0.395. The summed E-state index contributed by atoms with van der Waals surface area (Å²) in [5, 5.41) is 7.98. The largest absolute Gasteiger partial charge is 0.478 e. The van der Waals surface area contributed by atoms with Crippen molar-refractivity contribution in [2.24, 2.45) is 0 Å². The number of hydrogen-bond donors (Lipinski definition) is 3. The first-order chi connectivity index (χ1) is 5.02. The summed E-state index contributed by atoms with van der Waals surface area (Å²) in [7, 11) is -2.76. The predicted octanol–water partition coefficient (Wildman–Crippen LogP) is -0.618. The van der Waals surface area contributed by atoms with Gasteiger partial charge in [-0.05, 0) is 0 Å². The van der Waals surface area contributed by atoms with Gasteiger partial charge in [0.25, 0.3) is 0 Å². The van der Waals surface area contributed by atoms with E-state index in [9.17, 15) is 9.59 Å². The fourth-order valence-corrected chi connectivity index (χ4v) is 0.472. The van der Waals surface area contributed by atoms with Crippen LogP contribution in [0.2, 0.25) is 0 Å². The zero-order valence-corrected chi connectivity index (χ0v) is 6.06. The summed E-state index contributed by atoms with van der Waals surface area (Å²) in [5.74, 6) is -2.43. The molecular weight excluding hydrogens is 175 g/mol. The summed E-state index contributed by atoms with van der Waals surface area (Å²) in [6, 6.07) is 0. The van der Waals surface area contributed by atoms with Gasteiger partial charge >= 0.3 is 20.5 Å². The highest BCUT2D eigenvalue weighted by Crippen LogP contribution is 2.24. The average molecular weight is 180 g/mol. The Balaban J connectivity index is 3.78. The molecule has 11 heavy (non-hydrogen) atoms. The number of rotatable bonds is 3. The topological polar surface area (TPSA) is 104 Å². The molecule has 0 aliphatic rings. The minimum atomic E-state index is -2.76. The number of carboxylic acids is 1. The van der Waals surface area contributed by atoms with Crippen LogP contribution in [0.5, 0.6) is 0 Å². The molecule has 0 saturated heterocycles. The first kappa shape index (κ1) is 10.0. The Labute approximate surface area is 62.7 Å². The van der Waals surface area contributed by atoms with E-state index in [1.165, 1.54) is 0 Å². The van der Waals surface area contributed by atoms with E-state index >= 15 is 0 Å². The fourth-order valence-electron chi connectivity index (χ4n) is 0.250. The van der Waals surface area contributed by atoms with Crippen molar-refractivity contribution in [1.29, 1.82) is 0 Å². The minimum absolute atomic E-state index is 0.529. The molecule has 0 atom stereocenters. The van der Waals surface area contributed by atoms with Crippen molar-refractivity contribution < 1.29 is 29.0 Å². The van der Waals surface area contributed by atoms with Gasteiger partial charge in [-0.15, -0.1) is 0 Å². The van der Waals surface area contributed by atoms with Gasteiger partial charge in [0, 0.05) is 12.2 Å². The molecule has 0 aliphatic heterocycles. The molecule has 0 aliphatic carbocycles. The molecule has 0 aromatic rings. The summed E-state index contributed by atoms with van der Waals surface area (Å²) in [6.07, 6.45) is 1.10. The minimum Gasteiger partial charge on any atom is -0.478 e. The molecule has 0 fully saturated rings. The lowest BCUT2D eigenvalue weighted by atomic mass is 10.5. The standard InChI is InChI=1S/C4H5O6P/c5-3(6)1-2-4(7)10-11(8)9/h1-2,8-9H,(H,5,6)/b2-1-. The molecule has 0 saturated carbocycles. The van der Waals surface area contributed by atoms with Gasteiger partial charge in [0.05, 0.1) is 0 Å². The van der Waals surface area contributed by atoms with Crippen molar-refractivity contribution in [1.82, 2.24) is 0 Å². The third kappa shape index (κ3) is 6.92. The van der Waals surface area contributed by atoms with E-state index in [4.69, 9.17) is 14.9 Å². The van der Waals surface area contributed by atoms with Gasteiger partial charge in [-0.2, -0.15) is 0 Å². The second-order valence-electron chi connectivity index (χ2n) is 1.33. The van der Waals surface area contributed by atoms with Crippen LogP contribution in [0.3, 0.4) is 0 Å². The summed E-state index contributed by atoms with van der Waals surface area (Å²) >= 11 is 0. The van der Waals surface area contributed by atoms with Crippen molar-refractivity contribution in [3.8, 4) is 0 Å². The summed E-state index contributed by atoms with van der Waals surface area (Å²) in [6.45, 7) is 0. The Morgan fingerprint density at radius 3 is 2.18 bits per heavy atom. The van der Waals surface area contributed by atoms with Crippen LogP contribution < -0.4 is 0 Å². The molecular formula is C4H5O6P. The lowest BCUT2D eigenvalue weighted by Gasteiger charge is -1.97. The van der Waals surface area contributed by atoms with Crippen LogP contribution >= 0.6 is 8.60 Å². The van der Waals surface area contributed by atoms with Crippen molar-refractivity contribution in [2.45, 2.75) is 0 Å². The van der Waals surface area contributed by atoms with Gasteiger partial charge < -0.3 is 19.4 Å². The lowest BCUT2D eigenvalue weighted by molar-refractivity contribution is -0.133. The number of carboxylic acid groups (broad SMARTS) is 1. The first-order valence-corrected chi connectivity index (χ1v) is 3.49. The molecule has 3 N–H and O–H groups in total. The van der Waals surface area contributed by atoms with Crippen LogP contribution in [0.4, 0.5) is 0 Å². The molecule has 0 rings (SSSR count). The van der Waals surface area contributed by atoms with Gasteiger partial charge in [0.15, 0.2) is 0 Å². The fraction of sp³-hybridized carbons (Fsp3) is 0. The van der Waals surface area contributed by atoms with Crippen molar-refractivity contribution in [3.05, 3.63) is 12.2 Å². The van der Waals surface area contributed by atoms with Crippen LogP contribution in [-0.2, 0) is 14.1 Å². The maximum Gasteiger partial charge on any atom is 0.394 e. The molecule has 0 bridgehead atoms. The number of carbonyl (C=O) groups is 2. The Morgan fingerprint density at radius 1 is 1.27 bits per heavy atom. The van der Waals surface area contributed by atoms with Gasteiger partial charge in [-0.25, -0.2) is 9.59 Å². The van der Waals surface area contributed by atoms with Gasteiger partial charge in [-0.3, -0.25) is 0 Å². The molecule has 0 aromatic heterocycles. The maximum atomic E-state index is 10.3. The molecule has 6 nitrogen and oxygen atoms in total. The summed E-state index contributed by atoms with van der Waals surface area (Å²) in [4.78, 5) is 36.2. The number of hydrogen-bond acceptors (Lipinski definition) is 5. The molecule has 0 heterocycles. The van der Waals surface area contributed by atoms with Gasteiger partial charge in [-0.1, -0.05) is 0 Å². The molecule has 0 radical (unpaired) electrons. The monoisotopic (exact) mass is 180 g/mol. The molecule has 62 valence electrons. The lowest BCUT2D eigenvalue weighted by Crippen LogP contribution is -1.97. The van der Waals surface area contributed by atoms with E-state index in [0.29, 0.717) is 12.2 Å². The third-order valence-corrected chi connectivity index (χ3v) is 0.877. The van der Waals surface area contributed by atoms with Crippen molar-refractivity contribution in [2.75, 3.05) is 0 Å². The van der Waals surface area contributed by atoms with E-state index in [1.54, 1.807) is 0 Å². The SMILES string of the molecule is O=C(O)/C=C\C(=O)OP(O)O. The van der Waals surface area contributed by atoms with Crippen LogP contribution in [-0.4, -0.2) is 26.8 Å². The van der Waals surface area contributed by atoms with E-state index in [2.05, 4.69) is 4.52 Å². The molecule has 0 spiro atoms. The van der Waals surface area contributed by atoms with E-state index in [0.717, 1.165) is 0 Å². The Bertz CT molecular complexity index is 185. The van der Waals surface area contributed by atoms with E-state index < -0.39 is 20.5 Å². The average Bonchev–Trinajstić information content (AvgIpc) is 1.82.